The van der Waals surface area contributed by atoms with Crippen molar-refractivity contribution in [1.82, 2.24) is 0 Å². The molecular formula is C15H14O3. The van der Waals surface area contributed by atoms with Gasteiger partial charge in [-0.2, -0.15) is 0 Å². The Morgan fingerprint density at radius 3 is 2.56 bits per heavy atom. The van der Waals surface area contributed by atoms with Gasteiger partial charge in [0.15, 0.2) is 0 Å². The number of aromatic carboxylic acids is 1. The van der Waals surface area contributed by atoms with Crippen molar-refractivity contribution in [3.8, 4) is 0 Å². The highest BCUT2D eigenvalue weighted by Gasteiger charge is 2.13. The predicted octanol–water partition coefficient (Wildman–Crippen LogP) is 3.85. The Kier molecular flexibility index (Phi) is 3.33. The smallest absolute Gasteiger partial charge is 0.339 e. The summed E-state index contributed by atoms with van der Waals surface area (Å²) in [5.74, 6) is 0.0137. The Hall–Kier alpha value is -2.29. The van der Waals surface area contributed by atoms with E-state index in [2.05, 4.69) is 0 Å². The van der Waals surface area contributed by atoms with Gasteiger partial charge >= 0.3 is 5.97 Å². The highest BCUT2D eigenvalue weighted by Crippen LogP contribution is 2.22. The van der Waals surface area contributed by atoms with Gasteiger partial charge in [-0.1, -0.05) is 30.3 Å². The van der Waals surface area contributed by atoms with E-state index in [1.165, 1.54) is 6.07 Å². The number of rotatable bonds is 3. The fraction of sp³-hybridized carbons (Fsp3) is 0.133. The summed E-state index contributed by atoms with van der Waals surface area (Å²) in [6.45, 7) is 3.67. The molecule has 0 aliphatic carbocycles. The molecule has 0 amide bonds. The molecule has 2 aromatic rings. The van der Waals surface area contributed by atoms with Crippen LogP contribution < -0.4 is 0 Å². The first kappa shape index (κ1) is 12.2. The number of benzene rings is 1. The highest BCUT2D eigenvalue weighted by atomic mass is 16.4. The van der Waals surface area contributed by atoms with E-state index in [1.807, 2.05) is 37.3 Å². The molecule has 0 saturated carbocycles. The van der Waals surface area contributed by atoms with E-state index in [9.17, 15) is 4.79 Å². The molecule has 1 aromatic heterocycles. The monoisotopic (exact) mass is 242 g/mol. The average Bonchev–Trinajstić information content (AvgIpc) is 2.71. The van der Waals surface area contributed by atoms with Crippen molar-refractivity contribution in [2.45, 2.75) is 13.8 Å². The van der Waals surface area contributed by atoms with E-state index in [0.717, 1.165) is 11.1 Å². The number of furan rings is 1. The van der Waals surface area contributed by atoms with Gasteiger partial charge in [-0.15, -0.1) is 0 Å². The normalized spacial score (nSPS) is 11.6. The van der Waals surface area contributed by atoms with Crippen molar-refractivity contribution in [1.29, 1.82) is 0 Å². The molecule has 92 valence electrons. The molecule has 3 nitrogen and oxygen atoms in total. The Labute approximate surface area is 105 Å². The van der Waals surface area contributed by atoms with E-state index in [-0.39, 0.29) is 5.56 Å². The average molecular weight is 242 g/mol. The minimum absolute atomic E-state index is 0.197. The summed E-state index contributed by atoms with van der Waals surface area (Å²) in [7, 11) is 0. The Bertz CT molecular complexity index is 591. The standard InChI is InChI=1S/C15H14O3/c1-10(12-6-4-3-5-7-12)8-14-13(15(16)17)9-11(2)18-14/h3-9H,1-2H3,(H,16,17)/b10-8+. The molecule has 0 aliphatic heterocycles. The summed E-state index contributed by atoms with van der Waals surface area (Å²) in [5.41, 5.74) is 2.21. The summed E-state index contributed by atoms with van der Waals surface area (Å²) in [6.07, 6.45) is 1.76. The molecular weight excluding hydrogens is 228 g/mol. The van der Waals surface area contributed by atoms with Crippen molar-refractivity contribution in [3.05, 3.63) is 59.0 Å². The molecule has 18 heavy (non-hydrogen) atoms. The van der Waals surface area contributed by atoms with E-state index in [4.69, 9.17) is 9.52 Å². The Balaban J connectivity index is 2.42. The maximum absolute atomic E-state index is 11.1. The lowest BCUT2D eigenvalue weighted by molar-refractivity contribution is 0.0696. The minimum Gasteiger partial charge on any atom is -0.478 e. The lowest BCUT2D eigenvalue weighted by Gasteiger charge is -2.00. The van der Waals surface area contributed by atoms with Crippen LogP contribution in [-0.2, 0) is 0 Å². The first-order chi connectivity index (χ1) is 8.58. The number of hydrogen-bond acceptors (Lipinski definition) is 2. The first-order valence-electron chi connectivity index (χ1n) is 5.65. The third-order valence-corrected chi connectivity index (χ3v) is 2.69. The van der Waals surface area contributed by atoms with Crippen LogP contribution in [0.1, 0.15) is 34.4 Å². The number of hydrogen-bond donors (Lipinski definition) is 1. The fourth-order valence-corrected chi connectivity index (χ4v) is 1.79. The number of carboxylic acids is 1. The SMILES string of the molecule is C/C(=C\c1oc(C)cc1C(=O)O)c1ccccc1. The van der Waals surface area contributed by atoms with Gasteiger partial charge in [0.25, 0.3) is 0 Å². The second-order valence-electron chi connectivity index (χ2n) is 4.13. The van der Waals surface area contributed by atoms with Crippen LogP contribution >= 0.6 is 0 Å². The van der Waals surface area contributed by atoms with Gasteiger partial charge in [-0.3, -0.25) is 0 Å². The van der Waals surface area contributed by atoms with E-state index in [1.54, 1.807) is 13.0 Å². The molecule has 0 saturated heterocycles. The molecule has 0 spiro atoms. The molecule has 1 N–H and O–H groups in total. The van der Waals surface area contributed by atoms with Crippen LogP contribution in [0.2, 0.25) is 0 Å². The molecule has 0 unspecified atom stereocenters. The maximum atomic E-state index is 11.1. The van der Waals surface area contributed by atoms with Gasteiger partial charge in [0.1, 0.15) is 17.1 Å². The van der Waals surface area contributed by atoms with Gasteiger partial charge in [-0.05, 0) is 37.1 Å². The van der Waals surface area contributed by atoms with Gasteiger partial charge in [-0.25, -0.2) is 4.79 Å². The van der Waals surface area contributed by atoms with Gasteiger partial charge in [0.2, 0.25) is 0 Å². The largest absolute Gasteiger partial charge is 0.478 e. The number of carboxylic acid groups (broad SMARTS) is 1. The zero-order chi connectivity index (χ0) is 13.1. The fourth-order valence-electron chi connectivity index (χ4n) is 1.79. The highest BCUT2D eigenvalue weighted by molar-refractivity contribution is 5.93. The molecule has 2 rings (SSSR count). The van der Waals surface area contributed by atoms with Crippen molar-refractivity contribution >= 4 is 17.6 Å². The predicted molar refractivity (Wildman–Crippen MR) is 70.4 cm³/mol. The van der Waals surface area contributed by atoms with Crippen LogP contribution in [0.5, 0.6) is 0 Å². The summed E-state index contributed by atoms with van der Waals surface area (Å²) < 4.78 is 5.41. The third kappa shape index (κ3) is 2.51. The lowest BCUT2D eigenvalue weighted by Crippen LogP contribution is -1.95. The molecule has 0 fully saturated rings. The van der Waals surface area contributed by atoms with Crippen molar-refractivity contribution in [2.75, 3.05) is 0 Å². The van der Waals surface area contributed by atoms with Crippen molar-refractivity contribution < 1.29 is 14.3 Å². The lowest BCUT2D eigenvalue weighted by atomic mass is 10.1. The molecule has 0 bridgehead atoms. The molecule has 0 radical (unpaired) electrons. The Morgan fingerprint density at radius 1 is 1.28 bits per heavy atom. The summed E-state index contributed by atoms with van der Waals surface area (Å²) in [4.78, 5) is 11.1. The zero-order valence-corrected chi connectivity index (χ0v) is 10.3. The Morgan fingerprint density at radius 2 is 1.94 bits per heavy atom. The molecule has 0 atom stereocenters. The molecule has 1 heterocycles. The van der Waals surface area contributed by atoms with Crippen LogP contribution in [0.15, 0.2) is 40.8 Å². The minimum atomic E-state index is -0.973. The zero-order valence-electron chi connectivity index (χ0n) is 10.3. The third-order valence-electron chi connectivity index (χ3n) is 2.69. The van der Waals surface area contributed by atoms with Crippen LogP contribution in [0, 0.1) is 6.92 Å². The van der Waals surface area contributed by atoms with Crippen LogP contribution in [-0.4, -0.2) is 11.1 Å². The second kappa shape index (κ2) is 4.92. The summed E-state index contributed by atoms with van der Waals surface area (Å²) in [5, 5.41) is 9.07. The molecule has 3 heteroatoms. The summed E-state index contributed by atoms with van der Waals surface area (Å²) >= 11 is 0. The van der Waals surface area contributed by atoms with Gasteiger partial charge in [0, 0.05) is 0 Å². The van der Waals surface area contributed by atoms with E-state index in [0.29, 0.717) is 11.5 Å². The number of carbonyl (C=O) groups is 1. The van der Waals surface area contributed by atoms with Crippen molar-refractivity contribution in [3.63, 3.8) is 0 Å². The van der Waals surface area contributed by atoms with E-state index < -0.39 is 5.97 Å². The number of aryl methyl sites for hydroxylation is 1. The van der Waals surface area contributed by atoms with Crippen LogP contribution in [0.4, 0.5) is 0 Å². The topological polar surface area (TPSA) is 50.4 Å². The maximum Gasteiger partial charge on any atom is 0.339 e. The van der Waals surface area contributed by atoms with Gasteiger partial charge in [0.05, 0.1) is 0 Å². The first-order valence-corrected chi connectivity index (χ1v) is 5.65. The quantitative estimate of drug-likeness (QED) is 0.889. The van der Waals surface area contributed by atoms with Crippen LogP contribution in [0.3, 0.4) is 0 Å². The van der Waals surface area contributed by atoms with E-state index >= 15 is 0 Å². The second-order valence-corrected chi connectivity index (χ2v) is 4.13. The van der Waals surface area contributed by atoms with Crippen molar-refractivity contribution in [2.24, 2.45) is 0 Å². The molecule has 0 aliphatic rings. The molecule has 1 aromatic carbocycles. The van der Waals surface area contributed by atoms with Crippen LogP contribution in [0.25, 0.3) is 11.6 Å². The number of allylic oxidation sites excluding steroid dienone is 1. The summed E-state index contributed by atoms with van der Waals surface area (Å²) in [6, 6.07) is 11.3. The van der Waals surface area contributed by atoms with Gasteiger partial charge < -0.3 is 9.52 Å².